The third-order valence-electron chi connectivity index (χ3n) is 3.62. The van der Waals surface area contributed by atoms with Gasteiger partial charge in [-0.1, -0.05) is 40.5 Å². The first kappa shape index (κ1) is 16.9. The molecule has 0 aromatic carbocycles. The summed E-state index contributed by atoms with van der Waals surface area (Å²) in [6, 6.07) is 0. The topological polar surface area (TPSA) is 66.4 Å². The number of aliphatic carboxylic acids is 1. The molecule has 0 aliphatic rings. The molecule has 4 heteroatoms. The van der Waals surface area contributed by atoms with Crippen LogP contribution in [0.5, 0.6) is 0 Å². The summed E-state index contributed by atoms with van der Waals surface area (Å²) >= 11 is 0. The van der Waals surface area contributed by atoms with Gasteiger partial charge in [-0.05, 0) is 25.7 Å². The average molecular weight is 257 g/mol. The molecule has 0 aliphatic carbocycles. The van der Waals surface area contributed by atoms with E-state index in [1.165, 1.54) is 0 Å². The third kappa shape index (κ3) is 4.31. The molecule has 0 saturated carbocycles. The second-order valence-corrected chi connectivity index (χ2v) is 4.86. The van der Waals surface area contributed by atoms with Crippen LogP contribution in [0.25, 0.3) is 0 Å². The molecule has 0 aromatic heterocycles. The number of rotatable bonds is 9. The molecule has 0 heterocycles. The van der Waals surface area contributed by atoms with Crippen LogP contribution >= 0.6 is 0 Å². The fourth-order valence-electron chi connectivity index (χ4n) is 2.22. The van der Waals surface area contributed by atoms with Gasteiger partial charge in [0, 0.05) is 5.92 Å². The minimum atomic E-state index is -1.10. The number of nitrogens with one attached hydrogen (secondary N) is 1. The van der Waals surface area contributed by atoms with Crippen molar-refractivity contribution in [1.29, 1.82) is 0 Å². The highest BCUT2D eigenvalue weighted by molar-refractivity contribution is 5.88. The lowest BCUT2D eigenvalue weighted by atomic mass is 9.90. The molecule has 0 aromatic rings. The normalized spacial score (nSPS) is 11.6. The van der Waals surface area contributed by atoms with Gasteiger partial charge in [0.2, 0.25) is 5.91 Å². The number of hydrogen-bond acceptors (Lipinski definition) is 2. The lowest BCUT2D eigenvalue weighted by molar-refractivity contribution is -0.148. The highest BCUT2D eigenvalue weighted by Crippen LogP contribution is 2.19. The second-order valence-electron chi connectivity index (χ2n) is 4.86. The van der Waals surface area contributed by atoms with Gasteiger partial charge in [0.25, 0.3) is 0 Å². The zero-order valence-electron chi connectivity index (χ0n) is 12.1. The van der Waals surface area contributed by atoms with Crippen molar-refractivity contribution < 1.29 is 14.7 Å². The van der Waals surface area contributed by atoms with Crippen LogP contribution in [0.4, 0.5) is 0 Å². The maximum Gasteiger partial charge on any atom is 0.329 e. The van der Waals surface area contributed by atoms with Crippen LogP contribution in [0, 0.1) is 5.92 Å². The van der Waals surface area contributed by atoms with E-state index in [-0.39, 0.29) is 11.8 Å². The predicted molar refractivity (Wildman–Crippen MR) is 72.4 cm³/mol. The van der Waals surface area contributed by atoms with Crippen molar-refractivity contribution >= 4 is 11.9 Å². The Morgan fingerprint density at radius 3 is 1.78 bits per heavy atom. The zero-order valence-corrected chi connectivity index (χ0v) is 12.1. The van der Waals surface area contributed by atoms with Gasteiger partial charge < -0.3 is 10.4 Å². The van der Waals surface area contributed by atoms with Crippen LogP contribution in [0.2, 0.25) is 0 Å². The fraction of sp³-hybridized carbons (Fsp3) is 0.857. The first-order chi connectivity index (χ1) is 8.47. The molecule has 0 spiro atoms. The van der Waals surface area contributed by atoms with Crippen molar-refractivity contribution in [3.8, 4) is 0 Å². The molecule has 1 amide bonds. The summed E-state index contributed by atoms with van der Waals surface area (Å²) in [5.74, 6) is -1.10. The molecule has 0 aliphatic heterocycles. The van der Waals surface area contributed by atoms with Crippen molar-refractivity contribution in [2.24, 2.45) is 5.92 Å². The minimum absolute atomic E-state index is 0.0585. The van der Waals surface area contributed by atoms with Crippen molar-refractivity contribution in [2.75, 3.05) is 0 Å². The Bertz CT molecular complexity index is 266. The Balaban J connectivity index is 4.80. The Kier molecular flexibility index (Phi) is 7.64. The second kappa shape index (κ2) is 8.11. The molecule has 0 rings (SSSR count). The van der Waals surface area contributed by atoms with E-state index in [2.05, 4.69) is 5.32 Å². The molecule has 4 nitrogen and oxygen atoms in total. The lowest BCUT2D eigenvalue weighted by Gasteiger charge is -2.30. The molecular weight excluding hydrogens is 230 g/mol. The minimum Gasteiger partial charge on any atom is -0.480 e. The summed E-state index contributed by atoms with van der Waals surface area (Å²) < 4.78 is 0. The van der Waals surface area contributed by atoms with Crippen LogP contribution in [-0.4, -0.2) is 22.5 Å². The Labute approximate surface area is 110 Å². The first-order valence-electron chi connectivity index (χ1n) is 7.02. The summed E-state index contributed by atoms with van der Waals surface area (Å²) in [7, 11) is 0. The van der Waals surface area contributed by atoms with E-state index in [0.29, 0.717) is 12.8 Å². The lowest BCUT2D eigenvalue weighted by Crippen LogP contribution is -2.55. The van der Waals surface area contributed by atoms with E-state index < -0.39 is 11.5 Å². The maximum atomic E-state index is 12.2. The van der Waals surface area contributed by atoms with Gasteiger partial charge in [0.15, 0.2) is 0 Å². The summed E-state index contributed by atoms with van der Waals surface area (Å²) in [4.78, 5) is 23.5. The Hall–Kier alpha value is -1.06. The third-order valence-corrected chi connectivity index (χ3v) is 3.62. The van der Waals surface area contributed by atoms with Crippen LogP contribution < -0.4 is 5.32 Å². The molecule has 0 fully saturated rings. The van der Waals surface area contributed by atoms with Crippen molar-refractivity contribution in [3.63, 3.8) is 0 Å². The average Bonchev–Trinajstić information content (AvgIpc) is 2.35. The number of carboxylic acids is 1. The van der Waals surface area contributed by atoms with Crippen molar-refractivity contribution in [3.05, 3.63) is 0 Å². The van der Waals surface area contributed by atoms with Gasteiger partial charge in [-0.15, -0.1) is 0 Å². The maximum absolute atomic E-state index is 12.2. The molecule has 106 valence electrons. The molecule has 0 saturated heterocycles. The Morgan fingerprint density at radius 2 is 1.50 bits per heavy atom. The standard InChI is InChI=1S/C14H27NO3/c1-5-9-11(10-6-2)12(16)15-14(7-3,8-4)13(17)18/h11H,5-10H2,1-4H3,(H,15,16)(H,17,18). The van der Waals surface area contributed by atoms with E-state index in [1.807, 2.05) is 13.8 Å². The molecule has 18 heavy (non-hydrogen) atoms. The summed E-state index contributed by atoms with van der Waals surface area (Å²) in [5.41, 5.74) is -1.10. The highest BCUT2D eigenvalue weighted by atomic mass is 16.4. The van der Waals surface area contributed by atoms with Crippen molar-refractivity contribution in [2.45, 2.75) is 71.8 Å². The van der Waals surface area contributed by atoms with E-state index in [4.69, 9.17) is 0 Å². The van der Waals surface area contributed by atoms with E-state index in [0.717, 1.165) is 25.7 Å². The van der Waals surface area contributed by atoms with E-state index in [1.54, 1.807) is 13.8 Å². The van der Waals surface area contributed by atoms with Gasteiger partial charge in [-0.3, -0.25) is 4.79 Å². The van der Waals surface area contributed by atoms with Crippen LogP contribution in [0.15, 0.2) is 0 Å². The highest BCUT2D eigenvalue weighted by Gasteiger charge is 2.37. The number of carbonyl (C=O) groups excluding carboxylic acids is 1. The van der Waals surface area contributed by atoms with Crippen LogP contribution in [-0.2, 0) is 9.59 Å². The van der Waals surface area contributed by atoms with Gasteiger partial charge in [0.05, 0.1) is 0 Å². The fourth-order valence-corrected chi connectivity index (χ4v) is 2.22. The summed E-state index contributed by atoms with van der Waals surface area (Å²) in [6.07, 6.45) is 4.35. The molecule has 0 atom stereocenters. The van der Waals surface area contributed by atoms with Gasteiger partial charge in [-0.25, -0.2) is 4.79 Å². The predicted octanol–water partition coefficient (Wildman–Crippen LogP) is 2.96. The Morgan fingerprint density at radius 1 is 1.06 bits per heavy atom. The number of amides is 1. The summed E-state index contributed by atoms with van der Waals surface area (Å²) in [6.45, 7) is 7.68. The summed E-state index contributed by atoms with van der Waals surface area (Å²) in [5, 5.41) is 12.1. The van der Waals surface area contributed by atoms with Crippen LogP contribution in [0.3, 0.4) is 0 Å². The molecule has 0 radical (unpaired) electrons. The van der Waals surface area contributed by atoms with Gasteiger partial charge >= 0.3 is 5.97 Å². The monoisotopic (exact) mass is 257 g/mol. The zero-order chi connectivity index (χ0) is 14.2. The quantitative estimate of drug-likeness (QED) is 0.667. The van der Waals surface area contributed by atoms with Crippen LogP contribution in [0.1, 0.15) is 66.2 Å². The van der Waals surface area contributed by atoms with Crippen molar-refractivity contribution in [1.82, 2.24) is 5.32 Å². The SMILES string of the molecule is CCCC(CCC)C(=O)NC(CC)(CC)C(=O)O. The van der Waals surface area contributed by atoms with Gasteiger partial charge in [0.1, 0.15) is 5.54 Å². The van der Waals surface area contributed by atoms with E-state index >= 15 is 0 Å². The molecule has 0 bridgehead atoms. The smallest absolute Gasteiger partial charge is 0.329 e. The number of carbonyl (C=O) groups is 2. The first-order valence-corrected chi connectivity index (χ1v) is 7.02. The van der Waals surface area contributed by atoms with E-state index in [9.17, 15) is 14.7 Å². The molecular formula is C14H27NO3. The van der Waals surface area contributed by atoms with Gasteiger partial charge in [-0.2, -0.15) is 0 Å². The molecule has 2 N–H and O–H groups in total. The largest absolute Gasteiger partial charge is 0.480 e. The number of hydrogen-bond donors (Lipinski definition) is 2. The number of carboxylic acid groups (broad SMARTS) is 1. The molecule has 0 unspecified atom stereocenters.